The highest BCUT2D eigenvalue weighted by Gasteiger charge is 2.31. The molecule has 1 aromatic carbocycles. The summed E-state index contributed by atoms with van der Waals surface area (Å²) < 4.78 is 39.1. The van der Waals surface area contributed by atoms with E-state index in [1.54, 1.807) is 28.9 Å². The summed E-state index contributed by atoms with van der Waals surface area (Å²) in [5.41, 5.74) is 0.331. The maximum atomic E-state index is 16.2. The molecule has 5 heterocycles. The van der Waals surface area contributed by atoms with Gasteiger partial charge in [-0.15, -0.1) is 11.8 Å². The van der Waals surface area contributed by atoms with Crippen LogP contribution in [-0.2, 0) is 4.79 Å². The van der Waals surface area contributed by atoms with Gasteiger partial charge in [-0.05, 0) is 61.8 Å². The first-order chi connectivity index (χ1) is 21.7. The fourth-order valence-electron chi connectivity index (χ4n) is 5.94. The van der Waals surface area contributed by atoms with E-state index in [0.29, 0.717) is 44.0 Å². The van der Waals surface area contributed by atoms with Gasteiger partial charge in [0.05, 0.1) is 28.9 Å². The van der Waals surface area contributed by atoms with Crippen molar-refractivity contribution in [1.29, 1.82) is 0 Å². The third-order valence-electron chi connectivity index (χ3n) is 8.14. The Balaban J connectivity index is 1.68. The predicted octanol–water partition coefficient (Wildman–Crippen LogP) is 5.73. The maximum absolute atomic E-state index is 16.2. The highest BCUT2D eigenvalue weighted by atomic mass is 32.2. The number of pyridine rings is 2. The molecule has 4 aromatic rings. The van der Waals surface area contributed by atoms with E-state index >= 15 is 8.78 Å². The van der Waals surface area contributed by atoms with Gasteiger partial charge in [-0.25, -0.2) is 23.1 Å². The van der Waals surface area contributed by atoms with E-state index in [1.807, 2.05) is 31.7 Å². The lowest BCUT2D eigenvalue weighted by atomic mass is 10.1. The highest BCUT2D eigenvalue weighted by molar-refractivity contribution is 7.99. The zero-order chi connectivity index (χ0) is 31.8. The lowest BCUT2D eigenvalue weighted by Gasteiger charge is -2.40. The van der Waals surface area contributed by atoms with Crippen LogP contribution in [0.4, 0.5) is 14.6 Å². The number of fused-ring (bicyclic) bond motifs is 5. The van der Waals surface area contributed by atoms with Gasteiger partial charge < -0.3 is 14.5 Å². The maximum Gasteiger partial charge on any atom is 0.355 e. The first kappa shape index (κ1) is 30.7. The standard InChI is InChI=1S/C33H34F2N6O3S/c1-5-26(42)39-13-14-40(20(4)18-39)31-21-17-23(35)29-27-22(34)9-8-10-24(27)44-15-6-7-16-45-25-11-12-36-28(19(2)3)30(25)41(32(21)37-29)33(43)38-31/h5,8-12,17,19-20H,1,6-7,13-16,18H2,2-4H3/t20-/m0/s1. The van der Waals surface area contributed by atoms with E-state index in [4.69, 9.17) is 9.72 Å². The second-order valence-electron chi connectivity index (χ2n) is 11.5. The lowest BCUT2D eigenvalue weighted by molar-refractivity contribution is -0.126. The number of benzene rings is 1. The molecule has 234 valence electrons. The number of rotatable bonds is 3. The minimum atomic E-state index is -0.782. The molecule has 0 aliphatic carbocycles. The van der Waals surface area contributed by atoms with Crippen molar-refractivity contribution in [1.82, 2.24) is 24.4 Å². The molecular formula is C33H34F2N6O3S. The molecule has 0 N–H and O–H groups in total. The summed E-state index contributed by atoms with van der Waals surface area (Å²) in [5, 5.41) is 0.284. The summed E-state index contributed by atoms with van der Waals surface area (Å²) in [6, 6.07) is 7.22. The molecule has 3 aromatic heterocycles. The average molecular weight is 633 g/mol. The van der Waals surface area contributed by atoms with Crippen molar-refractivity contribution in [2.24, 2.45) is 0 Å². The Morgan fingerprint density at radius 2 is 1.98 bits per heavy atom. The van der Waals surface area contributed by atoms with E-state index in [2.05, 4.69) is 16.5 Å². The summed E-state index contributed by atoms with van der Waals surface area (Å²) in [4.78, 5) is 44.9. The van der Waals surface area contributed by atoms with Gasteiger partial charge in [0.15, 0.2) is 11.5 Å². The SMILES string of the molecule is C=CC(=O)N1CCN(c2nc(=O)n3c4nc(c(F)cc24)-c2c(F)cccc2OCCCCSc2ccnc(C(C)C)c2-3)[C@@H](C)C1. The molecule has 6 rings (SSSR count). The van der Waals surface area contributed by atoms with Crippen LogP contribution in [0.5, 0.6) is 5.75 Å². The number of thioether (sulfide) groups is 1. The monoisotopic (exact) mass is 632 g/mol. The quantitative estimate of drug-likeness (QED) is 0.265. The first-order valence-electron chi connectivity index (χ1n) is 15.0. The molecule has 2 bridgehead atoms. The van der Waals surface area contributed by atoms with E-state index in [-0.39, 0.29) is 51.7 Å². The molecule has 0 unspecified atom stereocenters. The molecule has 9 nitrogen and oxygen atoms in total. The molecule has 0 radical (unpaired) electrons. The van der Waals surface area contributed by atoms with Crippen LogP contribution in [0.3, 0.4) is 0 Å². The van der Waals surface area contributed by atoms with Crippen LogP contribution in [-0.4, -0.2) is 68.4 Å². The Bertz CT molecular complexity index is 1860. The molecule has 1 amide bonds. The number of carbonyl (C=O) groups excluding carboxylic acids is 1. The number of aromatic nitrogens is 4. The fourth-order valence-corrected chi connectivity index (χ4v) is 7.00. The lowest BCUT2D eigenvalue weighted by Crippen LogP contribution is -2.54. The average Bonchev–Trinajstić information content (AvgIpc) is 3.02. The normalized spacial score (nSPS) is 17.1. The van der Waals surface area contributed by atoms with Gasteiger partial charge in [0.2, 0.25) is 5.91 Å². The van der Waals surface area contributed by atoms with Gasteiger partial charge in [-0.2, -0.15) is 4.98 Å². The number of nitrogens with zero attached hydrogens (tertiary/aromatic N) is 6. The number of halogens is 2. The van der Waals surface area contributed by atoms with Crippen LogP contribution in [0.25, 0.3) is 28.0 Å². The Kier molecular flexibility index (Phi) is 8.59. The third-order valence-corrected chi connectivity index (χ3v) is 9.27. The zero-order valence-corrected chi connectivity index (χ0v) is 26.2. The Labute approximate surface area is 263 Å². The summed E-state index contributed by atoms with van der Waals surface area (Å²) in [7, 11) is 0. The van der Waals surface area contributed by atoms with E-state index < -0.39 is 17.3 Å². The van der Waals surface area contributed by atoms with E-state index in [1.165, 1.54) is 28.8 Å². The van der Waals surface area contributed by atoms with Gasteiger partial charge in [0.1, 0.15) is 23.1 Å². The van der Waals surface area contributed by atoms with Crippen molar-refractivity contribution in [3.63, 3.8) is 0 Å². The molecule has 2 aliphatic heterocycles. The largest absolute Gasteiger partial charge is 0.493 e. The van der Waals surface area contributed by atoms with Crippen LogP contribution >= 0.6 is 11.8 Å². The molecule has 0 spiro atoms. The highest BCUT2D eigenvalue weighted by Crippen LogP contribution is 2.39. The third kappa shape index (κ3) is 5.67. The fraction of sp³-hybridized carbons (Fsp3) is 0.364. The summed E-state index contributed by atoms with van der Waals surface area (Å²) in [5.74, 6) is -0.562. The minimum absolute atomic E-state index is 0.0666. The second kappa shape index (κ2) is 12.6. The number of hydrogen-bond acceptors (Lipinski definition) is 8. The van der Waals surface area contributed by atoms with Crippen molar-refractivity contribution in [2.45, 2.75) is 50.5 Å². The van der Waals surface area contributed by atoms with Crippen LogP contribution in [0.1, 0.15) is 45.2 Å². The van der Waals surface area contributed by atoms with Crippen molar-refractivity contribution in [3.8, 4) is 22.7 Å². The molecule has 12 heteroatoms. The first-order valence-corrected chi connectivity index (χ1v) is 16.0. The number of anilines is 1. The molecule has 1 atom stereocenters. The molecular weight excluding hydrogens is 598 g/mol. The Morgan fingerprint density at radius 1 is 1.16 bits per heavy atom. The summed E-state index contributed by atoms with van der Waals surface area (Å²) in [6.45, 7) is 10.9. The number of amides is 1. The van der Waals surface area contributed by atoms with Gasteiger partial charge >= 0.3 is 5.69 Å². The summed E-state index contributed by atoms with van der Waals surface area (Å²) >= 11 is 1.59. The van der Waals surface area contributed by atoms with Crippen LogP contribution in [0.15, 0.2) is 58.9 Å². The van der Waals surface area contributed by atoms with Crippen molar-refractivity contribution < 1.29 is 18.3 Å². The molecule has 1 saturated heterocycles. The van der Waals surface area contributed by atoms with Crippen molar-refractivity contribution >= 4 is 34.5 Å². The Morgan fingerprint density at radius 3 is 2.73 bits per heavy atom. The smallest absolute Gasteiger partial charge is 0.355 e. The minimum Gasteiger partial charge on any atom is -0.493 e. The molecule has 45 heavy (non-hydrogen) atoms. The van der Waals surface area contributed by atoms with Crippen molar-refractivity contribution in [3.05, 3.63) is 77.0 Å². The topological polar surface area (TPSA) is 93.5 Å². The van der Waals surface area contributed by atoms with Crippen molar-refractivity contribution in [2.75, 3.05) is 36.9 Å². The zero-order valence-electron chi connectivity index (χ0n) is 25.4. The number of piperazine rings is 1. The van der Waals surface area contributed by atoms with Gasteiger partial charge in [0.25, 0.3) is 0 Å². The number of ether oxygens (including phenoxy) is 1. The predicted molar refractivity (Wildman–Crippen MR) is 171 cm³/mol. The molecule has 0 saturated carbocycles. The van der Waals surface area contributed by atoms with Gasteiger partial charge in [0, 0.05) is 36.8 Å². The Hall–Kier alpha value is -4.32. The van der Waals surface area contributed by atoms with Crippen LogP contribution in [0.2, 0.25) is 0 Å². The van der Waals surface area contributed by atoms with Gasteiger partial charge in [-0.3, -0.25) is 9.78 Å². The second-order valence-corrected chi connectivity index (χ2v) is 12.6. The number of hydrogen-bond donors (Lipinski definition) is 0. The van der Waals surface area contributed by atoms with Crippen LogP contribution < -0.4 is 15.3 Å². The molecule has 1 fully saturated rings. The summed E-state index contributed by atoms with van der Waals surface area (Å²) in [6.07, 6.45) is 4.48. The number of carbonyl (C=O) groups is 1. The van der Waals surface area contributed by atoms with Crippen LogP contribution in [0, 0.1) is 11.6 Å². The van der Waals surface area contributed by atoms with E-state index in [0.717, 1.165) is 17.1 Å². The van der Waals surface area contributed by atoms with Gasteiger partial charge in [-0.1, -0.05) is 26.5 Å². The van der Waals surface area contributed by atoms with E-state index in [9.17, 15) is 9.59 Å². The molecule has 2 aliphatic rings.